The Morgan fingerprint density at radius 1 is 1.10 bits per heavy atom. The van der Waals surface area contributed by atoms with Crippen LogP contribution in [0.3, 0.4) is 0 Å². The fraction of sp³-hybridized carbons (Fsp3) is 0.560. The van der Waals surface area contributed by atoms with Crippen LogP contribution in [0.2, 0.25) is 0 Å². The first-order valence-corrected chi connectivity index (χ1v) is 10.8. The van der Waals surface area contributed by atoms with Crippen molar-refractivity contribution >= 4 is 5.91 Å². The Labute approximate surface area is 177 Å². The van der Waals surface area contributed by atoms with Crippen molar-refractivity contribution in [1.82, 2.24) is 9.47 Å². The third-order valence-corrected chi connectivity index (χ3v) is 5.67. The molecule has 1 aromatic carbocycles. The number of unbranched alkanes of at least 4 members (excludes halogenated alkanes) is 1. The maximum absolute atomic E-state index is 12.5. The lowest BCUT2D eigenvalue weighted by Gasteiger charge is -2.19. The molecule has 2 aromatic rings. The summed E-state index contributed by atoms with van der Waals surface area (Å²) in [6.07, 6.45) is 4.23. The number of hydrogen-bond acceptors (Lipinski definition) is 2. The molecule has 0 spiro atoms. The third-order valence-electron chi connectivity index (χ3n) is 5.67. The predicted molar refractivity (Wildman–Crippen MR) is 124 cm³/mol. The molecule has 160 valence electrons. The Bertz CT molecular complexity index is 823. The number of carbonyl (C=O) groups excluding carboxylic acids is 1. The molecule has 1 heterocycles. The Morgan fingerprint density at radius 3 is 2.21 bits per heavy atom. The molecule has 0 atom stereocenters. The van der Waals surface area contributed by atoms with Crippen LogP contribution in [-0.2, 0) is 18.4 Å². The van der Waals surface area contributed by atoms with Gasteiger partial charge in [-0.2, -0.15) is 0 Å². The number of primary amides is 1. The summed E-state index contributed by atoms with van der Waals surface area (Å²) in [5.74, 6) is -0.332. The molecule has 4 nitrogen and oxygen atoms in total. The number of amides is 1. The molecule has 0 aliphatic carbocycles. The van der Waals surface area contributed by atoms with Gasteiger partial charge in [-0.1, -0.05) is 58.4 Å². The summed E-state index contributed by atoms with van der Waals surface area (Å²) in [6.45, 7) is 12.8. The number of nitrogens with zero attached hydrogens (tertiary/aromatic N) is 2. The number of benzene rings is 1. The van der Waals surface area contributed by atoms with Gasteiger partial charge in [-0.15, -0.1) is 0 Å². The minimum Gasteiger partial charge on any atom is -0.366 e. The highest BCUT2D eigenvalue weighted by atomic mass is 16.1. The molecule has 4 heteroatoms. The highest BCUT2D eigenvalue weighted by Gasteiger charge is 2.24. The van der Waals surface area contributed by atoms with Gasteiger partial charge in [0.1, 0.15) is 0 Å². The van der Waals surface area contributed by atoms with E-state index in [0.717, 1.165) is 55.6 Å². The van der Waals surface area contributed by atoms with Crippen LogP contribution in [0.15, 0.2) is 24.3 Å². The zero-order valence-electron chi connectivity index (χ0n) is 19.4. The van der Waals surface area contributed by atoms with Crippen molar-refractivity contribution in [3.8, 4) is 11.1 Å². The standard InChI is InChI=1S/C25H39N3O/c1-8-9-11-21-23(19-12-14-20(15-13-19)25(3,4)5)22(24(26)29)18(2)28(21)17-10-16-27(6)7/h12-15H,8-11,16-17H2,1-7H3,(H2,26,29). The van der Waals surface area contributed by atoms with E-state index in [4.69, 9.17) is 5.73 Å². The van der Waals surface area contributed by atoms with Gasteiger partial charge < -0.3 is 15.2 Å². The summed E-state index contributed by atoms with van der Waals surface area (Å²) in [6, 6.07) is 8.67. The molecule has 0 saturated heterocycles. The van der Waals surface area contributed by atoms with Crippen LogP contribution >= 0.6 is 0 Å². The van der Waals surface area contributed by atoms with Crippen molar-refractivity contribution in [2.24, 2.45) is 5.73 Å². The van der Waals surface area contributed by atoms with E-state index >= 15 is 0 Å². The molecule has 0 bridgehead atoms. The summed E-state index contributed by atoms with van der Waals surface area (Å²) < 4.78 is 2.34. The molecule has 0 radical (unpaired) electrons. The SMILES string of the molecule is CCCCc1c(-c2ccc(C(C)(C)C)cc2)c(C(N)=O)c(C)n1CCCN(C)C. The number of rotatable bonds is 9. The molecular formula is C25H39N3O. The van der Waals surface area contributed by atoms with Gasteiger partial charge in [0.2, 0.25) is 0 Å². The van der Waals surface area contributed by atoms with E-state index in [0.29, 0.717) is 5.56 Å². The van der Waals surface area contributed by atoms with E-state index in [1.807, 2.05) is 6.92 Å². The molecule has 0 aliphatic rings. The zero-order chi connectivity index (χ0) is 21.8. The quantitative estimate of drug-likeness (QED) is 0.636. The van der Waals surface area contributed by atoms with Crippen LogP contribution < -0.4 is 5.73 Å². The van der Waals surface area contributed by atoms with E-state index in [1.165, 1.54) is 11.3 Å². The van der Waals surface area contributed by atoms with E-state index in [-0.39, 0.29) is 11.3 Å². The van der Waals surface area contributed by atoms with E-state index < -0.39 is 0 Å². The number of carbonyl (C=O) groups is 1. The van der Waals surface area contributed by atoms with Crippen molar-refractivity contribution < 1.29 is 4.79 Å². The van der Waals surface area contributed by atoms with Gasteiger partial charge in [0.05, 0.1) is 5.56 Å². The summed E-state index contributed by atoms with van der Waals surface area (Å²) in [5.41, 5.74) is 12.3. The van der Waals surface area contributed by atoms with Crippen molar-refractivity contribution in [2.45, 2.75) is 72.3 Å². The van der Waals surface area contributed by atoms with Crippen LogP contribution in [0, 0.1) is 6.92 Å². The van der Waals surface area contributed by atoms with Gasteiger partial charge in [0.25, 0.3) is 5.91 Å². The molecule has 0 unspecified atom stereocenters. The summed E-state index contributed by atoms with van der Waals surface area (Å²) in [4.78, 5) is 14.7. The van der Waals surface area contributed by atoms with Crippen LogP contribution in [0.25, 0.3) is 11.1 Å². The molecule has 29 heavy (non-hydrogen) atoms. The topological polar surface area (TPSA) is 51.3 Å². The van der Waals surface area contributed by atoms with Crippen LogP contribution in [0.5, 0.6) is 0 Å². The van der Waals surface area contributed by atoms with Crippen LogP contribution in [0.4, 0.5) is 0 Å². The summed E-state index contributed by atoms with van der Waals surface area (Å²) >= 11 is 0. The van der Waals surface area contributed by atoms with Gasteiger partial charge in [0, 0.05) is 23.5 Å². The van der Waals surface area contributed by atoms with Crippen molar-refractivity contribution in [3.05, 3.63) is 46.8 Å². The zero-order valence-corrected chi connectivity index (χ0v) is 19.4. The van der Waals surface area contributed by atoms with Crippen molar-refractivity contribution in [3.63, 3.8) is 0 Å². The Morgan fingerprint density at radius 2 is 1.72 bits per heavy atom. The number of nitrogens with two attached hydrogens (primary N) is 1. The molecule has 1 aromatic heterocycles. The lowest BCUT2D eigenvalue weighted by molar-refractivity contribution is 0.1000. The Hall–Kier alpha value is -2.07. The maximum atomic E-state index is 12.5. The average Bonchev–Trinajstić information content (AvgIpc) is 2.91. The van der Waals surface area contributed by atoms with E-state index in [1.54, 1.807) is 0 Å². The first-order chi connectivity index (χ1) is 13.6. The van der Waals surface area contributed by atoms with Crippen molar-refractivity contribution in [2.75, 3.05) is 20.6 Å². The monoisotopic (exact) mass is 397 g/mol. The molecular weight excluding hydrogens is 358 g/mol. The molecule has 0 aliphatic heterocycles. The second-order valence-corrected chi connectivity index (χ2v) is 9.39. The average molecular weight is 398 g/mol. The van der Waals surface area contributed by atoms with Crippen molar-refractivity contribution in [1.29, 1.82) is 0 Å². The fourth-order valence-electron chi connectivity index (χ4n) is 4.00. The second kappa shape index (κ2) is 9.62. The molecule has 0 fully saturated rings. The normalized spacial score (nSPS) is 12.0. The minimum absolute atomic E-state index is 0.101. The molecule has 2 N–H and O–H groups in total. The molecule has 1 amide bonds. The lowest BCUT2D eigenvalue weighted by atomic mass is 9.86. The number of hydrogen-bond donors (Lipinski definition) is 1. The number of aromatic nitrogens is 1. The van der Waals surface area contributed by atoms with Gasteiger partial charge in [-0.05, 0) is 63.4 Å². The van der Waals surface area contributed by atoms with Crippen LogP contribution in [0.1, 0.15) is 74.3 Å². The lowest BCUT2D eigenvalue weighted by Crippen LogP contribution is -2.17. The predicted octanol–water partition coefficient (Wildman–Crippen LogP) is 5.15. The minimum atomic E-state index is -0.332. The first-order valence-electron chi connectivity index (χ1n) is 10.8. The third kappa shape index (κ3) is 5.51. The molecule has 2 rings (SSSR count). The smallest absolute Gasteiger partial charge is 0.251 e. The van der Waals surface area contributed by atoms with E-state index in [2.05, 4.69) is 75.5 Å². The Kier molecular flexibility index (Phi) is 7.70. The van der Waals surface area contributed by atoms with Crippen LogP contribution in [-0.4, -0.2) is 36.0 Å². The largest absolute Gasteiger partial charge is 0.366 e. The first kappa shape index (κ1) is 23.2. The summed E-state index contributed by atoms with van der Waals surface area (Å²) in [7, 11) is 4.19. The summed E-state index contributed by atoms with van der Waals surface area (Å²) in [5, 5.41) is 0. The fourth-order valence-corrected chi connectivity index (χ4v) is 4.00. The van der Waals surface area contributed by atoms with Gasteiger partial charge >= 0.3 is 0 Å². The Balaban J connectivity index is 2.59. The second-order valence-electron chi connectivity index (χ2n) is 9.39. The molecule has 0 saturated carbocycles. The highest BCUT2D eigenvalue weighted by molar-refractivity contribution is 6.02. The van der Waals surface area contributed by atoms with Gasteiger partial charge in [-0.25, -0.2) is 0 Å². The maximum Gasteiger partial charge on any atom is 0.251 e. The van der Waals surface area contributed by atoms with Gasteiger partial charge in [0.15, 0.2) is 0 Å². The highest BCUT2D eigenvalue weighted by Crippen LogP contribution is 2.35. The van der Waals surface area contributed by atoms with E-state index in [9.17, 15) is 4.79 Å². The van der Waals surface area contributed by atoms with Gasteiger partial charge in [-0.3, -0.25) is 4.79 Å².